The second-order valence-electron chi connectivity index (χ2n) is 6.90. The fraction of sp³-hybridized carbons (Fsp3) is 0.444. The highest BCUT2D eigenvalue weighted by atomic mass is 35.5. The summed E-state index contributed by atoms with van der Waals surface area (Å²) >= 11 is 5.91. The van der Waals surface area contributed by atoms with Gasteiger partial charge in [0.15, 0.2) is 0 Å². The number of halogens is 1. The lowest BCUT2D eigenvalue weighted by Crippen LogP contribution is -2.44. The molecule has 1 aliphatic heterocycles. The van der Waals surface area contributed by atoms with Crippen LogP contribution >= 0.6 is 11.6 Å². The van der Waals surface area contributed by atoms with Crippen LogP contribution in [0.4, 0.5) is 10.5 Å². The number of aromatic nitrogens is 3. The van der Waals surface area contributed by atoms with E-state index in [1.807, 2.05) is 6.20 Å². The number of hydrogen-bond acceptors (Lipinski definition) is 5. The summed E-state index contributed by atoms with van der Waals surface area (Å²) in [7, 11) is 0. The number of nitrogens with zero attached hydrogens (tertiary/aromatic N) is 4. The molecule has 1 aromatic heterocycles. The molecular weight excluding hydrogens is 370 g/mol. The standard InChI is InChI=1S/C18H20ClN5O3/c1-11(23-9-16(21-22-23)12-2-3-12)17(25)20-8-15-10-27-18(26)24(15)14-6-4-13(19)5-7-14/h4-7,9,11-12,15H,2-3,8,10H2,1H3,(H,20,25). The van der Waals surface area contributed by atoms with Gasteiger partial charge in [-0.05, 0) is 44.0 Å². The van der Waals surface area contributed by atoms with Crippen molar-refractivity contribution in [2.24, 2.45) is 0 Å². The summed E-state index contributed by atoms with van der Waals surface area (Å²) in [6.45, 7) is 2.26. The largest absolute Gasteiger partial charge is 0.447 e. The Bertz CT molecular complexity index is 849. The molecule has 0 spiro atoms. The van der Waals surface area contributed by atoms with Gasteiger partial charge in [0.05, 0.1) is 11.7 Å². The van der Waals surface area contributed by atoms with Crippen molar-refractivity contribution in [2.75, 3.05) is 18.1 Å². The number of hydrogen-bond donors (Lipinski definition) is 1. The smallest absolute Gasteiger partial charge is 0.414 e. The third kappa shape index (κ3) is 3.75. The van der Waals surface area contributed by atoms with Crippen LogP contribution in [0, 0.1) is 0 Å². The third-order valence-electron chi connectivity index (χ3n) is 4.88. The van der Waals surface area contributed by atoms with Crippen molar-refractivity contribution >= 4 is 29.3 Å². The van der Waals surface area contributed by atoms with Gasteiger partial charge < -0.3 is 10.1 Å². The minimum atomic E-state index is -0.480. The molecule has 0 radical (unpaired) electrons. The second kappa shape index (κ2) is 7.19. The van der Waals surface area contributed by atoms with E-state index >= 15 is 0 Å². The summed E-state index contributed by atoms with van der Waals surface area (Å²) in [5.41, 5.74) is 1.62. The number of rotatable bonds is 6. The van der Waals surface area contributed by atoms with Crippen LogP contribution < -0.4 is 10.2 Å². The summed E-state index contributed by atoms with van der Waals surface area (Å²) < 4.78 is 6.73. The first-order valence-corrected chi connectivity index (χ1v) is 9.31. The van der Waals surface area contributed by atoms with E-state index in [4.69, 9.17) is 16.3 Å². The molecule has 27 heavy (non-hydrogen) atoms. The van der Waals surface area contributed by atoms with Crippen molar-refractivity contribution < 1.29 is 14.3 Å². The van der Waals surface area contributed by atoms with Gasteiger partial charge in [-0.3, -0.25) is 9.69 Å². The lowest BCUT2D eigenvalue weighted by molar-refractivity contribution is -0.124. The highest BCUT2D eigenvalue weighted by molar-refractivity contribution is 6.30. The number of cyclic esters (lactones) is 1. The van der Waals surface area contributed by atoms with Crippen molar-refractivity contribution in [3.8, 4) is 0 Å². The number of carbonyl (C=O) groups excluding carboxylic acids is 2. The first kappa shape index (κ1) is 17.8. The Kier molecular flexibility index (Phi) is 4.73. The first-order chi connectivity index (χ1) is 13.0. The average Bonchev–Trinajstić information content (AvgIpc) is 3.28. The van der Waals surface area contributed by atoms with Crippen LogP contribution in [0.1, 0.15) is 37.4 Å². The minimum absolute atomic E-state index is 0.183. The molecular formula is C18H20ClN5O3. The number of benzene rings is 1. The van der Waals surface area contributed by atoms with Gasteiger partial charge >= 0.3 is 6.09 Å². The molecule has 2 unspecified atom stereocenters. The van der Waals surface area contributed by atoms with E-state index in [0.717, 1.165) is 18.5 Å². The monoisotopic (exact) mass is 389 g/mol. The topological polar surface area (TPSA) is 89.4 Å². The van der Waals surface area contributed by atoms with E-state index < -0.39 is 12.1 Å². The van der Waals surface area contributed by atoms with Crippen LogP contribution in [0.3, 0.4) is 0 Å². The zero-order valence-electron chi connectivity index (χ0n) is 14.8. The normalized spacial score (nSPS) is 20.4. The van der Waals surface area contributed by atoms with Crippen LogP contribution in [-0.4, -0.2) is 46.2 Å². The Hall–Kier alpha value is -2.61. The Morgan fingerprint density at radius 2 is 2.11 bits per heavy atom. The first-order valence-electron chi connectivity index (χ1n) is 8.94. The fourth-order valence-corrected chi connectivity index (χ4v) is 3.19. The zero-order valence-corrected chi connectivity index (χ0v) is 15.6. The molecule has 2 atom stereocenters. The third-order valence-corrected chi connectivity index (χ3v) is 5.13. The van der Waals surface area contributed by atoms with E-state index in [1.165, 1.54) is 4.90 Å². The van der Waals surface area contributed by atoms with Gasteiger partial charge in [0.2, 0.25) is 5.91 Å². The Morgan fingerprint density at radius 3 is 2.81 bits per heavy atom. The molecule has 142 valence electrons. The summed E-state index contributed by atoms with van der Waals surface area (Å²) in [4.78, 5) is 26.1. The van der Waals surface area contributed by atoms with E-state index in [2.05, 4.69) is 15.6 Å². The van der Waals surface area contributed by atoms with Gasteiger partial charge in [0, 0.05) is 29.4 Å². The van der Waals surface area contributed by atoms with Crippen molar-refractivity contribution in [1.29, 1.82) is 0 Å². The van der Waals surface area contributed by atoms with Crippen molar-refractivity contribution in [1.82, 2.24) is 20.3 Å². The number of nitrogens with one attached hydrogen (secondary N) is 1. The molecule has 2 fully saturated rings. The Balaban J connectivity index is 1.38. The molecule has 1 aliphatic carbocycles. The summed E-state index contributed by atoms with van der Waals surface area (Å²) in [6, 6.07) is 6.16. The molecule has 1 saturated carbocycles. The van der Waals surface area contributed by atoms with E-state index in [-0.39, 0.29) is 25.1 Å². The maximum atomic E-state index is 12.5. The van der Waals surface area contributed by atoms with Gasteiger partial charge in [-0.1, -0.05) is 16.8 Å². The summed E-state index contributed by atoms with van der Waals surface area (Å²) in [5, 5.41) is 11.7. The number of amides is 2. The van der Waals surface area contributed by atoms with E-state index in [9.17, 15) is 9.59 Å². The average molecular weight is 390 g/mol. The Morgan fingerprint density at radius 1 is 1.37 bits per heavy atom. The highest BCUT2D eigenvalue weighted by Gasteiger charge is 2.35. The predicted octanol–water partition coefficient (Wildman–Crippen LogP) is 2.51. The number of anilines is 1. The summed E-state index contributed by atoms with van der Waals surface area (Å²) in [6.07, 6.45) is 3.67. The number of carbonyl (C=O) groups is 2. The Labute approximate surface area is 161 Å². The van der Waals surface area contributed by atoms with Crippen LogP contribution in [0.2, 0.25) is 5.02 Å². The molecule has 4 rings (SSSR count). The molecule has 2 heterocycles. The fourth-order valence-electron chi connectivity index (χ4n) is 3.06. The maximum Gasteiger partial charge on any atom is 0.414 e. The SMILES string of the molecule is CC(C(=O)NCC1COC(=O)N1c1ccc(Cl)cc1)n1cc(C2CC2)nn1. The van der Waals surface area contributed by atoms with Crippen molar-refractivity contribution in [2.45, 2.75) is 37.8 Å². The van der Waals surface area contributed by atoms with Crippen molar-refractivity contribution in [3.05, 3.63) is 41.2 Å². The molecule has 1 aromatic carbocycles. The minimum Gasteiger partial charge on any atom is -0.447 e. The van der Waals surface area contributed by atoms with Gasteiger partial charge in [0.25, 0.3) is 0 Å². The van der Waals surface area contributed by atoms with Gasteiger partial charge in [-0.25, -0.2) is 9.48 Å². The van der Waals surface area contributed by atoms with E-state index in [0.29, 0.717) is 16.6 Å². The number of ether oxygens (including phenoxy) is 1. The molecule has 8 nitrogen and oxygen atoms in total. The lowest BCUT2D eigenvalue weighted by atomic mass is 10.2. The molecule has 1 saturated heterocycles. The summed E-state index contributed by atoms with van der Waals surface area (Å²) in [5.74, 6) is 0.307. The quantitative estimate of drug-likeness (QED) is 0.819. The highest BCUT2D eigenvalue weighted by Crippen LogP contribution is 2.38. The van der Waals surface area contributed by atoms with Gasteiger partial charge in [0.1, 0.15) is 12.6 Å². The second-order valence-corrected chi connectivity index (χ2v) is 7.33. The van der Waals surface area contributed by atoms with Crippen molar-refractivity contribution in [3.63, 3.8) is 0 Å². The molecule has 2 amide bonds. The lowest BCUT2D eigenvalue weighted by Gasteiger charge is -2.22. The molecule has 2 aromatic rings. The maximum absolute atomic E-state index is 12.5. The van der Waals surface area contributed by atoms with Gasteiger partial charge in [-0.2, -0.15) is 0 Å². The zero-order chi connectivity index (χ0) is 19.0. The molecule has 2 aliphatic rings. The molecule has 9 heteroatoms. The van der Waals surface area contributed by atoms with Crippen LogP contribution in [0.25, 0.3) is 0 Å². The van der Waals surface area contributed by atoms with Crippen LogP contribution in [0.5, 0.6) is 0 Å². The van der Waals surface area contributed by atoms with Gasteiger partial charge in [-0.15, -0.1) is 5.10 Å². The van der Waals surface area contributed by atoms with Crippen LogP contribution in [0.15, 0.2) is 30.5 Å². The van der Waals surface area contributed by atoms with Crippen LogP contribution in [-0.2, 0) is 9.53 Å². The van der Waals surface area contributed by atoms with E-state index in [1.54, 1.807) is 35.9 Å². The molecule has 0 bridgehead atoms. The predicted molar refractivity (Wildman–Crippen MR) is 98.8 cm³/mol. The molecule has 1 N–H and O–H groups in total.